The average Bonchev–Trinajstić information content (AvgIpc) is 2.58. The molecule has 0 spiro atoms. The van der Waals surface area contributed by atoms with Gasteiger partial charge < -0.3 is 9.73 Å². The Bertz CT molecular complexity index is 396. The molecule has 0 atom stereocenters. The van der Waals surface area contributed by atoms with Crippen LogP contribution in [0.2, 0.25) is 0 Å². The van der Waals surface area contributed by atoms with Gasteiger partial charge in [-0.2, -0.15) is 0 Å². The summed E-state index contributed by atoms with van der Waals surface area (Å²) in [6.07, 6.45) is 1.72. The van der Waals surface area contributed by atoms with E-state index in [1.165, 1.54) is 0 Å². The lowest BCUT2D eigenvalue weighted by atomic mass is 10.2. The zero-order valence-electron chi connectivity index (χ0n) is 7.09. The molecule has 1 aromatic carbocycles. The molecule has 0 amide bonds. The van der Waals surface area contributed by atoms with Crippen LogP contribution in [0.1, 0.15) is 0 Å². The number of anilines is 1. The highest BCUT2D eigenvalue weighted by atomic mass is 35.5. The molecule has 2 rings (SSSR count). The van der Waals surface area contributed by atoms with Crippen LogP contribution in [0.25, 0.3) is 11.0 Å². The van der Waals surface area contributed by atoms with Crippen molar-refractivity contribution in [3.63, 3.8) is 0 Å². The van der Waals surface area contributed by atoms with Gasteiger partial charge in [-0.05, 0) is 12.1 Å². The fraction of sp³-hybridized carbons (Fsp3) is 0.200. The van der Waals surface area contributed by atoms with Crippen LogP contribution in [0, 0.1) is 0 Å². The topological polar surface area (TPSA) is 25.2 Å². The zero-order valence-corrected chi connectivity index (χ0v) is 7.84. The summed E-state index contributed by atoms with van der Waals surface area (Å²) in [6, 6.07) is 7.91. The van der Waals surface area contributed by atoms with Gasteiger partial charge in [0, 0.05) is 17.8 Å². The number of benzene rings is 1. The average molecular weight is 196 g/mol. The molecule has 0 radical (unpaired) electrons. The Morgan fingerprint density at radius 2 is 2.15 bits per heavy atom. The highest BCUT2D eigenvalue weighted by Gasteiger charge is 2.02. The molecule has 0 unspecified atom stereocenters. The Labute approximate surface area is 81.5 Å². The first-order valence-corrected chi connectivity index (χ1v) is 4.71. The molecule has 0 aliphatic heterocycles. The quantitative estimate of drug-likeness (QED) is 0.762. The van der Waals surface area contributed by atoms with Crippen molar-refractivity contribution in [3.05, 3.63) is 30.5 Å². The van der Waals surface area contributed by atoms with E-state index in [0.29, 0.717) is 5.88 Å². The van der Waals surface area contributed by atoms with Crippen LogP contribution in [0.4, 0.5) is 5.69 Å². The predicted octanol–water partition coefficient (Wildman–Crippen LogP) is 3.08. The smallest absolute Gasteiger partial charge is 0.136 e. The van der Waals surface area contributed by atoms with E-state index in [-0.39, 0.29) is 0 Å². The van der Waals surface area contributed by atoms with Crippen molar-refractivity contribution in [3.8, 4) is 0 Å². The Balaban J connectivity index is 2.35. The summed E-state index contributed by atoms with van der Waals surface area (Å²) in [6.45, 7) is 0.755. The van der Waals surface area contributed by atoms with Gasteiger partial charge in [-0.25, -0.2) is 0 Å². The van der Waals surface area contributed by atoms with E-state index in [4.69, 9.17) is 16.0 Å². The molecular formula is C10H10ClNO. The molecule has 1 aromatic heterocycles. The highest BCUT2D eigenvalue weighted by molar-refractivity contribution is 6.18. The van der Waals surface area contributed by atoms with E-state index in [1.807, 2.05) is 24.3 Å². The van der Waals surface area contributed by atoms with Crippen LogP contribution in [0.5, 0.6) is 0 Å². The largest absolute Gasteiger partial charge is 0.462 e. The maximum Gasteiger partial charge on any atom is 0.136 e. The Morgan fingerprint density at radius 3 is 3.00 bits per heavy atom. The Hall–Kier alpha value is -1.15. The third kappa shape index (κ3) is 1.63. The summed E-state index contributed by atoms with van der Waals surface area (Å²) in [7, 11) is 0. The Kier molecular flexibility index (Phi) is 2.41. The lowest BCUT2D eigenvalue weighted by Gasteiger charge is -1.98. The number of nitrogens with one attached hydrogen (secondary N) is 1. The van der Waals surface area contributed by atoms with Gasteiger partial charge in [-0.15, -0.1) is 11.6 Å². The zero-order chi connectivity index (χ0) is 9.10. The molecule has 0 bridgehead atoms. The SMILES string of the molecule is ClCCNc1coc2ccccc12. The second kappa shape index (κ2) is 3.71. The number of fused-ring (bicyclic) bond motifs is 1. The minimum atomic E-state index is 0.597. The van der Waals surface area contributed by atoms with Gasteiger partial charge in [-0.1, -0.05) is 12.1 Å². The number of hydrogen-bond donors (Lipinski definition) is 1. The number of halogens is 1. The third-order valence-electron chi connectivity index (χ3n) is 1.89. The van der Waals surface area contributed by atoms with E-state index in [9.17, 15) is 0 Å². The lowest BCUT2D eigenvalue weighted by Crippen LogP contribution is -2.00. The van der Waals surface area contributed by atoms with Crippen molar-refractivity contribution in [2.75, 3.05) is 17.7 Å². The van der Waals surface area contributed by atoms with Gasteiger partial charge in [-0.3, -0.25) is 0 Å². The standard InChI is InChI=1S/C10H10ClNO/c11-5-6-12-9-7-13-10-4-2-1-3-8(9)10/h1-4,7,12H,5-6H2. The monoisotopic (exact) mass is 195 g/mol. The molecule has 68 valence electrons. The predicted molar refractivity (Wildman–Crippen MR) is 55.4 cm³/mol. The van der Waals surface area contributed by atoms with E-state index >= 15 is 0 Å². The number of alkyl halides is 1. The summed E-state index contributed by atoms with van der Waals surface area (Å²) in [5, 5.41) is 4.30. The molecule has 2 aromatic rings. The molecular weight excluding hydrogens is 186 g/mol. The first kappa shape index (κ1) is 8.45. The van der Waals surface area contributed by atoms with Crippen LogP contribution in [0.15, 0.2) is 34.9 Å². The van der Waals surface area contributed by atoms with E-state index < -0.39 is 0 Å². The molecule has 0 saturated heterocycles. The maximum absolute atomic E-state index is 5.58. The first-order chi connectivity index (χ1) is 6.42. The van der Waals surface area contributed by atoms with Crippen molar-refractivity contribution in [1.82, 2.24) is 0 Å². The van der Waals surface area contributed by atoms with E-state index in [0.717, 1.165) is 23.2 Å². The summed E-state index contributed by atoms with van der Waals surface area (Å²) >= 11 is 5.58. The second-order valence-corrected chi connectivity index (χ2v) is 3.14. The van der Waals surface area contributed by atoms with Gasteiger partial charge in [0.2, 0.25) is 0 Å². The van der Waals surface area contributed by atoms with Gasteiger partial charge in [0.15, 0.2) is 0 Å². The number of para-hydroxylation sites is 1. The van der Waals surface area contributed by atoms with Crippen molar-refractivity contribution in [1.29, 1.82) is 0 Å². The summed E-state index contributed by atoms with van der Waals surface area (Å²) < 4.78 is 5.34. The summed E-state index contributed by atoms with van der Waals surface area (Å²) in [5.41, 5.74) is 1.91. The van der Waals surface area contributed by atoms with Crippen LogP contribution in [-0.2, 0) is 0 Å². The lowest BCUT2D eigenvalue weighted by molar-refractivity contribution is 0.617. The van der Waals surface area contributed by atoms with Gasteiger partial charge in [0.05, 0.1) is 5.69 Å². The molecule has 1 heterocycles. The van der Waals surface area contributed by atoms with Gasteiger partial charge in [0.25, 0.3) is 0 Å². The molecule has 2 nitrogen and oxygen atoms in total. The molecule has 0 fully saturated rings. The molecule has 1 N–H and O–H groups in total. The number of furan rings is 1. The Morgan fingerprint density at radius 1 is 1.31 bits per heavy atom. The van der Waals surface area contributed by atoms with Gasteiger partial charge in [0.1, 0.15) is 11.8 Å². The number of rotatable bonds is 3. The van der Waals surface area contributed by atoms with Crippen LogP contribution < -0.4 is 5.32 Å². The second-order valence-electron chi connectivity index (χ2n) is 2.76. The first-order valence-electron chi connectivity index (χ1n) is 4.18. The molecule has 13 heavy (non-hydrogen) atoms. The van der Waals surface area contributed by atoms with Crippen molar-refractivity contribution in [2.45, 2.75) is 0 Å². The van der Waals surface area contributed by atoms with Crippen molar-refractivity contribution in [2.24, 2.45) is 0 Å². The van der Waals surface area contributed by atoms with Crippen molar-refractivity contribution >= 4 is 28.3 Å². The molecule has 0 aliphatic rings. The molecule has 0 aliphatic carbocycles. The van der Waals surface area contributed by atoms with Crippen molar-refractivity contribution < 1.29 is 4.42 Å². The molecule has 3 heteroatoms. The minimum Gasteiger partial charge on any atom is -0.462 e. The van der Waals surface area contributed by atoms with Crippen LogP contribution in [-0.4, -0.2) is 12.4 Å². The third-order valence-corrected chi connectivity index (χ3v) is 2.08. The number of hydrogen-bond acceptors (Lipinski definition) is 2. The highest BCUT2D eigenvalue weighted by Crippen LogP contribution is 2.24. The van der Waals surface area contributed by atoms with E-state index in [1.54, 1.807) is 6.26 Å². The minimum absolute atomic E-state index is 0.597. The fourth-order valence-electron chi connectivity index (χ4n) is 1.30. The normalized spacial score (nSPS) is 10.5. The summed E-state index contributed by atoms with van der Waals surface area (Å²) in [5.74, 6) is 0.597. The van der Waals surface area contributed by atoms with Crippen LogP contribution in [0.3, 0.4) is 0 Å². The fourth-order valence-corrected chi connectivity index (χ4v) is 1.39. The summed E-state index contributed by atoms with van der Waals surface area (Å²) in [4.78, 5) is 0. The maximum atomic E-state index is 5.58. The van der Waals surface area contributed by atoms with Gasteiger partial charge >= 0.3 is 0 Å². The van der Waals surface area contributed by atoms with E-state index in [2.05, 4.69) is 5.32 Å². The molecule has 0 saturated carbocycles. The van der Waals surface area contributed by atoms with Crippen LogP contribution >= 0.6 is 11.6 Å².